The summed E-state index contributed by atoms with van der Waals surface area (Å²) in [5.74, 6) is 0.499. The van der Waals surface area contributed by atoms with Crippen LogP contribution in [-0.4, -0.2) is 22.4 Å². The normalized spacial score (nSPS) is 15.5. The van der Waals surface area contributed by atoms with Crippen molar-refractivity contribution in [2.45, 2.75) is 13.0 Å². The van der Waals surface area contributed by atoms with Crippen LogP contribution in [0.4, 0.5) is 5.82 Å². The van der Waals surface area contributed by atoms with Crippen molar-refractivity contribution in [2.75, 3.05) is 11.9 Å². The van der Waals surface area contributed by atoms with E-state index in [1.54, 1.807) is 13.1 Å². The summed E-state index contributed by atoms with van der Waals surface area (Å²) in [5, 5.41) is 7.84. The van der Waals surface area contributed by atoms with Crippen molar-refractivity contribution in [3.8, 4) is 11.1 Å². The van der Waals surface area contributed by atoms with Gasteiger partial charge in [0, 0.05) is 16.2 Å². The first-order valence-corrected chi connectivity index (χ1v) is 9.50. The average molecular weight is 424 g/mol. The van der Waals surface area contributed by atoms with E-state index in [0.717, 1.165) is 27.0 Å². The number of carbonyl (C=O) groups excluding carboxylic acids is 1. The number of hydrogen-bond donors (Lipinski definition) is 1. The molecule has 136 valence electrons. The van der Waals surface area contributed by atoms with Crippen molar-refractivity contribution in [1.29, 1.82) is 0 Å². The van der Waals surface area contributed by atoms with Gasteiger partial charge in [0.2, 0.25) is 0 Å². The standard InChI is InChI=1S/C21H18BrN3O2/c1-2-27-21(26)18-12-23-20-17(15-9-6-10-16(22)11-15)13-24-25(20)19(18)14-7-4-3-5-8-14/h3-13,19,23H,2H2,1H3/t19-/m1/s1. The molecule has 0 saturated carbocycles. The van der Waals surface area contributed by atoms with Crippen molar-refractivity contribution in [3.05, 3.63) is 82.6 Å². The first-order valence-electron chi connectivity index (χ1n) is 8.71. The number of hydrogen-bond acceptors (Lipinski definition) is 4. The summed E-state index contributed by atoms with van der Waals surface area (Å²) in [7, 11) is 0. The maximum atomic E-state index is 12.5. The molecule has 0 aliphatic carbocycles. The van der Waals surface area contributed by atoms with Crippen LogP contribution in [-0.2, 0) is 9.53 Å². The van der Waals surface area contributed by atoms with E-state index in [1.165, 1.54) is 0 Å². The number of nitrogens with one attached hydrogen (secondary N) is 1. The Hall–Kier alpha value is -2.86. The van der Waals surface area contributed by atoms with Crippen LogP contribution in [0.15, 0.2) is 77.0 Å². The van der Waals surface area contributed by atoms with E-state index in [0.29, 0.717) is 12.2 Å². The molecule has 0 spiro atoms. The second-order valence-electron chi connectivity index (χ2n) is 6.14. The lowest BCUT2D eigenvalue weighted by Crippen LogP contribution is -2.27. The molecule has 27 heavy (non-hydrogen) atoms. The SMILES string of the molecule is CCOC(=O)C1=CNc2c(-c3cccc(Br)c3)cnn2[C@@H]1c1ccccc1. The molecule has 1 aromatic heterocycles. The molecule has 0 amide bonds. The molecule has 1 aliphatic heterocycles. The fraction of sp³-hybridized carbons (Fsp3) is 0.143. The largest absolute Gasteiger partial charge is 0.463 e. The van der Waals surface area contributed by atoms with Crippen LogP contribution in [0.1, 0.15) is 18.5 Å². The Bertz CT molecular complexity index is 1010. The number of ether oxygens (including phenoxy) is 1. The second kappa shape index (κ2) is 7.40. The lowest BCUT2D eigenvalue weighted by Gasteiger charge is -2.27. The number of fused-ring (bicyclic) bond motifs is 1. The molecule has 2 aromatic carbocycles. The Kier molecular flexibility index (Phi) is 4.81. The average Bonchev–Trinajstić information content (AvgIpc) is 3.12. The van der Waals surface area contributed by atoms with Crippen molar-refractivity contribution >= 4 is 27.7 Å². The van der Waals surface area contributed by atoms with Crippen LogP contribution in [0, 0.1) is 0 Å². The fourth-order valence-corrected chi connectivity index (χ4v) is 3.67. The van der Waals surface area contributed by atoms with Crippen LogP contribution >= 0.6 is 15.9 Å². The summed E-state index contributed by atoms with van der Waals surface area (Å²) in [4.78, 5) is 12.5. The highest BCUT2D eigenvalue weighted by Crippen LogP contribution is 2.38. The molecule has 1 atom stereocenters. The van der Waals surface area contributed by atoms with Gasteiger partial charge in [0.05, 0.1) is 18.4 Å². The molecule has 1 N–H and O–H groups in total. The van der Waals surface area contributed by atoms with E-state index in [9.17, 15) is 4.79 Å². The molecule has 0 radical (unpaired) electrons. The Morgan fingerprint density at radius 2 is 2.04 bits per heavy atom. The lowest BCUT2D eigenvalue weighted by molar-refractivity contribution is -0.139. The fourth-order valence-electron chi connectivity index (χ4n) is 3.27. The van der Waals surface area contributed by atoms with Crippen LogP contribution in [0.2, 0.25) is 0 Å². The highest BCUT2D eigenvalue weighted by molar-refractivity contribution is 9.10. The molecule has 3 aromatic rings. The number of rotatable bonds is 4. The second-order valence-corrected chi connectivity index (χ2v) is 7.06. The highest BCUT2D eigenvalue weighted by atomic mass is 79.9. The van der Waals surface area contributed by atoms with Crippen molar-refractivity contribution in [1.82, 2.24) is 9.78 Å². The summed E-state index contributed by atoms with van der Waals surface area (Å²) in [6, 6.07) is 17.6. The molecular formula is C21H18BrN3O2. The summed E-state index contributed by atoms with van der Waals surface area (Å²) in [6.45, 7) is 2.13. The topological polar surface area (TPSA) is 56.1 Å². The molecule has 0 saturated heterocycles. The van der Waals surface area contributed by atoms with Gasteiger partial charge in [-0.2, -0.15) is 5.10 Å². The van der Waals surface area contributed by atoms with Crippen LogP contribution < -0.4 is 5.32 Å². The van der Waals surface area contributed by atoms with E-state index < -0.39 is 0 Å². The Labute approximate surface area is 165 Å². The van der Waals surface area contributed by atoms with Gasteiger partial charge in [0.15, 0.2) is 0 Å². The third kappa shape index (κ3) is 3.28. The minimum Gasteiger partial charge on any atom is -0.463 e. The summed E-state index contributed by atoms with van der Waals surface area (Å²) < 4.78 is 8.10. The molecule has 5 nitrogen and oxygen atoms in total. The van der Waals surface area contributed by atoms with Gasteiger partial charge in [0.1, 0.15) is 11.9 Å². The maximum absolute atomic E-state index is 12.5. The van der Waals surface area contributed by atoms with Gasteiger partial charge in [-0.3, -0.25) is 0 Å². The van der Waals surface area contributed by atoms with E-state index in [-0.39, 0.29) is 12.0 Å². The van der Waals surface area contributed by atoms with Gasteiger partial charge in [-0.1, -0.05) is 58.4 Å². The third-order valence-electron chi connectivity index (χ3n) is 4.46. The van der Waals surface area contributed by atoms with Gasteiger partial charge < -0.3 is 10.1 Å². The van der Waals surface area contributed by atoms with E-state index in [2.05, 4.69) is 26.3 Å². The predicted molar refractivity (Wildman–Crippen MR) is 108 cm³/mol. The molecule has 0 fully saturated rings. The maximum Gasteiger partial charge on any atom is 0.338 e. The van der Waals surface area contributed by atoms with Crippen molar-refractivity contribution < 1.29 is 9.53 Å². The molecular weight excluding hydrogens is 406 g/mol. The van der Waals surface area contributed by atoms with E-state index in [4.69, 9.17) is 4.74 Å². The minimum absolute atomic E-state index is 0.326. The first-order chi connectivity index (χ1) is 13.2. The third-order valence-corrected chi connectivity index (χ3v) is 4.95. The van der Waals surface area contributed by atoms with Gasteiger partial charge in [-0.25, -0.2) is 9.48 Å². The number of benzene rings is 2. The highest BCUT2D eigenvalue weighted by Gasteiger charge is 2.32. The Morgan fingerprint density at radius 3 is 2.78 bits per heavy atom. The van der Waals surface area contributed by atoms with Crippen LogP contribution in [0.5, 0.6) is 0 Å². The first kappa shape index (κ1) is 17.5. The Morgan fingerprint density at radius 1 is 1.22 bits per heavy atom. The number of halogens is 1. The molecule has 6 heteroatoms. The van der Waals surface area contributed by atoms with Gasteiger partial charge in [-0.05, 0) is 30.2 Å². The number of aromatic nitrogens is 2. The number of esters is 1. The van der Waals surface area contributed by atoms with Crippen LogP contribution in [0.3, 0.4) is 0 Å². The van der Waals surface area contributed by atoms with Crippen molar-refractivity contribution in [2.24, 2.45) is 0 Å². The van der Waals surface area contributed by atoms with E-state index in [1.807, 2.05) is 65.5 Å². The quantitative estimate of drug-likeness (QED) is 0.613. The van der Waals surface area contributed by atoms with E-state index >= 15 is 0 Å². The number of nitrogens with zero attached hydrogens (tertiary/aromatic N) is 2. The minimum atomic E-state index is -0.345. The number of carbonyl (C=O) groups is 1. The molecule has 4 rings (SSSR count). The van der Waals surface area contributed by atoms with Crippen LogP contribution in [0.25, 0.3) is 11.1 Å². The zero-order valence-electron chi connectivity index (χ0n) is 14.7. The van der Waals surface area contributed by atoms with Gasteiger partial charge >= 0.3 is 5.97 Å². The molecule has 1 aliphatic rings. The monoisotopic (exact) mass is 423 g/mol. The summed E-state index contributed by atoms with van der Waals surface area (Å²) in [5.41, 5.74) is 3.51. The Balaban J connectivity index is 1.83. The summed E-state index contributed by atoms with van der Waals surface area (Å²) >= 11 is 3.52. The zero-order chi connectivity index (χ0) is 18.8. The molecule has 2 heterocycles. The lowest BCUT2D eigenvalue weighted by atomic mass is 9.97. The van der Waals surface area contributed by atoms with Crippen molar-refractivity contribution in [3.63, 3.8) is 0 Å². The summed E-state index contributed by atoms with van der Waals surface area (Å²) in [6.07, 6.45) is 3.55. The number of anilines is 1. The van der Waals surface area contributed by atoms with Gasteiger partial charge in [-0.15, -0.1) is 0 Å². The van der Waals surface area contributed by atoms with Gasteiger partial charge in [0.25, 0.3) is 0 Å². The zero-order valence-corrected chi connectivity index (χ0v) is 16.3. The molecule has 0 bridgehead atoms. The smallest absolute Gasteiger partial charge is 0.338 e. The molecule has 0 unspecified atom stereocenters. The predicted octanol–water partition coefficient (Wildman–Crippen LogP) is 4.77.